The normalized spacial score (nSPS) is 10.9. The van der Waals surface area contributed by atoms with Gasteiger partial charge in [0.05, 0.1) is 11.3 Å². The van der Waals surface area contributed by atoms with E-state index >= 15 is 0 Å². The molecule has 0 atom stereocenters. The summed E-state index contributed by atoms with van der Waals surface area (Å²) in [6.45, 7) is 7.10. The molecule has 0 saturated heterocycles. The Bertz CT molecular complexity index is 574. The van der Waals surface area contributed by atoms with Crippen LogP contribution in [0.15, 0.2) is 18.2 Å². The fraction of sp³-hybridized carbons (Fsp3) is 0.400. The fourth-order valence-electron chi connectivity index (χ4n) is 1.79. The van der Waals surface area contributed by atoms with Crippen molar-refractivity contribution in [2.45, 2.75) is 34.1 Å². The lowest BCUT2D eigenvalue weighted by atomic mass is 9.92. The largest absolute Gasteiger partial charge is 0.478 e. The van der Waals surface area contributed by atoms with E-state index in [-0.39, 0.29) is 34.9 Å². The van der Waals surface area contributed by atoms with E-state index in [9.17, 15) is 19.5 Å². The van der Waals surface area contributed by atoms with E-state index in [1.807, 2.05) is 20.8 Å². The van der Waals surface area contributed by atoms with Gasteiger partial charge in [-0.3, -0.25) is 9.59 Å². The number of amides is 2. The average Bonchev–Trinajstić information content (AvgIpc) is 2.27. The number of anilines is 2. The smallest absolute Gasteiger partial charge is 0.337 e. The first kappa shape index (κ1) is 16.7. The van der Waals surface area contributed by atoms with Gasteiger partial charge in [-0.1, -0.05) is 20.8 Å². The highest BCUT2D eigenvalue weighted by Gasteiger charge is 2.18. The summed E-state index contributed by atoms with van der Waals surface area (Å²) < 4.78 is 0. The van der Waals surface area contributed by atoms with Gasteiger partial charge >= 0.3 is 5.97 Å². The minimum Gasteiger partial charge on any atom is -0.478 e. The molecule has 3 N–H and O–H groups in total. The zero-order valence-corrected chi connectivity index (χ0v) is 12.6. The summed E-state index contributed by atoms with van der Waals surface area (Å²) in [4.78, 5) is 34.1. The maximum absolute atomic E-state index is 11.9. The number of hydrogen-bond donors (Lipinski definition) is 3. The van der Waals surface area contributed by atoms with Crippen LogP contribution < -0.4 is 10.6 Å². The summed E-state index contributed by atoms with van der Waals surface area (Å²) >= 11 is 0. The Morgan fingerprint density at radius 2 is 1.76 bits per heavy atom. The van der Waals surface area contributed by atoms with Gasteiger partial charge in [-0.2, -0.15) is 0 Å². The van der Waals surface area contributed by atoms with Crippen LogP contribution in [0.3, 0.4) is 0 Å². The maximum Gasteiger partial charge on any atom is 0.337 e. The molecule has 0 aliphatic heterocycles. The molecule has 0 fully saturated rings. The first-order chi connectivity index (χ1) is 9.58. The van der Waals surface area contributed by atoms with Gasteiger partial charge in [0.1, 0.15) is 0 Å². The number of carboxylic acids is 1. The molecule has 2 amide bonds. The van der Waals surface area contributed by atoms with Crippen molar-refractivity contribution >= 4 is 29.2 Å². The molecule has 0 spiro atoms. The van der Waals surface area contributed by atoms with Crippen LogP contribution in [0.4, 0.5) is 11.4 Å². The predicted octanol–water partition coefficient (Wildman–Crippen LogP) is 2.72. The van der Waals surface area contributed by atoms with Crippen molar-refractivity contribution in [2.75, 3.05) is 10.6 Å². The van der Waals surface area contributed by atoms with E-state index in [0.29, 0.717) is 5.69 Å². The summed E-state index contributed by atoms with van der Waals surface area (Å²) in [6, 6.07) is 4.33. The first-order valence-corrected chi connectivity index (χ1v) is 6.53. The number of aromatic carboxylic acids is 1. The molecule has 0 heterocycles. The Kier molecular flexibility index (Phi) is 5.07. The SMILES string of the molecule is CC(=O)Nc1ccc(NC(=O)CC(C)(C)C)c(C(=O)O)c1. The minimum atomic E-state index is -1.17. The second-order valence-corrected chi connectivity index (χ2v) is 6.03. The van der Waals surface area contributed by atoms with E-state index in [1.165, 1.54) is 19.1 Å². The molecule has 0 aliphatic rings. The molecular weight excluding hydrogens is 272 g/mol. The van der Waals surface area contributed by atoms with Gasteiger partial charge in [-0.25, -0.2) is 4.79 Å². The van der Waals surface area contributed by atoms with E-state index in [1.54, 1.807) is 6.07 Å². The molecular formula is C15H20N2O4. The first-order valence-electron chi connectivity index (χ1n) is 6.53. The summed E-state index contributed by atoms with van der Waals surface area (Å²) in [5, 5.41) is 14.3. The molecule has 1 aromatic carbocycles. The van der Waals surface area contributed by atoms with Crippen molar-refractivity contribution in [2.24, 2.45) is 5.41 Å². The molecule has 6 nitrogen and oxygen atoms in total. The van der Waals surface area contributed by atoms with Gasteiger partial charge < -0.3 is 15.7 Å². The molecule has 0 aliphatic carbocycles. The Morgan fingerprint density at radius 3 is 2.24 bits per heavy atom. The van der Waals surface area contributed by atoms with E-state index in [4.69, 9.17) is 0 Å². The van der Waals surface area contributed by atoms with Crippen LogP contribution in [0.1, 0.15) is 44.5 Å². The molecule has 0 aromatic heterocycles. The van der Waals surface area contributed by atoms with Crippen molar-refractivity contribution in [1.82, 2.24) is 0 Å². The summed E-state index contributed by atoms with van der Waals surface area (Å²) in [7, 11) is 0. The van der Waals surface area contributed by atoms with Gasteiger partial charge in [-0.15, -0.1) is 0 Å². The number of carboxylic acid groups (broad SMARTS) is 1. The van der Waals surface area contributed by atoms with E-state index in [0.717, 1.165) is 0 Å². The Morgan fingerprint density at radius 1 is 1.14 bits per heavy atom. The topological polar surface area (TPSA) is 95.5 Å². The quantitative estimate of drug-likeness (QED) is 0.795. The number of hydrogen-bond acceptors (Lipinski definition) is 3. The highest BCUT2D eigenvalue weighted by Crippen LogP contribution is 2.23. The van der Waals surface area contributed by atoms with Gasteiger partial charge in [0, 0.05) is 19.0 Å². The van der Waals surface area contributed by atoms with Crippen molar-refractivity contribution in [3.8, 4) is 0 Å². The van der Waals surface area contributed by atoms with E-state index < -0.39 is 5.97 Å². The van der Waals surface area contributed by atoms with E-state index in [2.05, 4.69) is 10.6 Å². The van der Waals surface area contributed by atoms with Gasteiger partial charge in [0.15, 0.2) is 0 Å². The monoisotopic (exact) mass is 292 g/mol. The van der Waals surface area contributed by atoms with Crippen LogP contribution in [-0.2, 0) is 9.59 Å². The van der Waals surface area contributed by atoms with Crippen LogP contribution in [0.2, 0.25) is 0 Å². The third kappa shape index (κ3) is 5.64. The lowest BCUT2D eigenvalue weighted by Gasteiger charge is -2.18. The third-order valence-electron chi connectivity index (χ3n) is 2.54. The highest BCUT2D eigenvalue weighted by molar-refractivity contribution is 6.02. The van der Waals surface area contributed by atoms with Crippen LogP contribution in [-0.4, -0.2) is 22.9 Å². The molecule has 6 heteroatoms. The van der Waals surface area contributed by atoms with Crippen molar-refractivity contribution in [3.63, 3.8) is 0 Å². The highest BCUT2D eigenvalue weighted by atomic mass is 16.4. The molecule has 1 rings (SSSR count). The maximum atomic E-state index is 11.9. The summed E-state index contributed by atoms with van der Waals surface area (Å²) in [5.74, 6) is -1.72. The van der Waals surface area contributed by atoms with Gasteiger partial charge in [-0.05, 0) is 23.6 Å². The third-order valence-corrected chi connectivity index (χ3v) is 2.54. The second kappa shape index (κ2) is 6.39. The van der Waals surface area contributed by atoms with Crippen LogP contribution in [0.5, 0.6) is 0 Å². The summed E-state index contributed by atoms with van der Waals surface area (Å²) in [6.07, 6.45) is 0.277. The van der Waals surface area contributed by atoms with Crippen LogP contribution in [0, 0.1) is 5.41 Å². The molecule has 114 valence electrons. The van der Waals surface area contributed by atoms with Crippen LogP contribution >= 0.6 is 0 Å². The zero-order chi connectivity index (χ0) is 16.2. The molecule has 0 radical (unpaired) electrons. The van der Waals surface area contributed by atoms with Gasteiger partial charge in [0.25, 0.3) is 0 Å². The summed E-state index contributed by atoms with van der Waals surface area (Å²) in [5.41, 5.74) is 0.326. The number of carbonyl (C=O) groups is 3. The zero-order valence-electron chi connectivity index (χ0n) is 12.6. The number of benzene rings is 1. The van der Waals surface area contributed by atoms with Crippen molar-refractivity contribution in [1.29, 1.82) is 0 Å². The van der Waals surface area contributed by atoms with Crippen molar-refractivity contribution in [3.05, 3.63) is 23.8 Å². The lowest BCUT2D eigenvalue weighted by molar-refractivity contribution is -0.118. The average molecular weight is 292 g/mol. The second-order valence-electron chi connectivity index (χ2n) is 6.03. The molecule has 0 bridgehead atoms. The van der Waals surface area contributed by atoms with Crippen molar-refractivity contribution < 1.29 is 19.5 Å². The molecule has 21 heavy (non-hydrogen) atoms. The van der Waals surface area contributed by atoms with Gasteiger partial charge in [0.2, 0.25) is 11.8 Å². The number of nitrogens with one attached hydrogen (secondary N) is 2. The Balaban J connectivity index is 2.99. The minimum absolute atomic E-state index is 0.0662. The molecule has 0 saturated carbocycles. The molecule has 0 unspecified atom stereocenters. The Labute approximate surface area is 123 Å². The lowest BCUT2D eigenvalue weighted by Crippen LogP contribution is -2.21. The number of rotatable bonds is 4. The molecule has 1 aromatic rings. The fourth-order valence-corrected chi connectivity index (χ4v) is 1.79. The Hall–Kier alpha value is -2.37. The number of carbonyl (C=O) groups excluding carboxylic acids is 2. The van der Waals surface area contributed by atoms with Crippen LogP contribution in [0.25, 0.3) is 0 Å². The standard InChI is InChI=1S/C15H20N2O4/c1-9(18)16-10-5-6-12(11(7-10)14(20)21)17-13(19)8-15(2,3)4/h5-7H,8H2,1-4H3,(H,16,18)(H,17,19)(H,20,21). The predicted molar refractivity (Wildman–Crippen MR) is 80.4 cm³/mol.